The molecule has 2 aromatic rings. The van der Waals surface area contributed by atoms with E-state index in [1.807, 2.05) is 4.57 Å². The van der Waals surface area contributed by atoms with Crippen molar-refractivity contribution >= 4 is 17.0 Å². The Bertz CT molecular complexity index is 587. The van der Waals surface area contributed by atoms with Gasteiger partial charge < -0.3 is 25.3 Å². The van der Waals surface area contributed by atoms with Crippen molar-refractivity contribution in [3.63, 3.8) is 0 Å². The molecule has 0 amide bonds. The lowest BCUT2D eigenvalue weighted by molar-refractivity contribution is -0.112. The number of nitrogen functional groups attached to an aromatic ring is 1. The lowest BCUT2D eigenvalue weighted by Gasteiger charge is -2.32. The van der Waals surface area contributed by atoms with Crippen LogP contribution >= 0.6 is 0 Å². The maximum absolute atomic E-state index is 9.89. The van der Waals surface area contributed by atoms with E-state index in [4.69, 9.17) is 15.6 Å². The van der Waals surface area contributed by atoms with Crippen LogP contribution in [0.2, 0.25) is 0 Å². The standard InChI is InChI=1S/C11H15N5O3/c12-10-9-11(14-4-13-10)16(5-15-9)6-1-7(18)8(2-17)19-3-6/h4-8,17-18H,1-3H2,(H2,12,13,14)/t6-,7-,8+/m0/s1. The first-order valence-electron chi connectivity index (χ1n) is 6.04. The molecular formula is C11H15N5O3. The number of hydrogen-bond donors (Lipinski definition) is 3. The lowest BCUT2D eigenvalue weighted by Crippen LogP contribution is -2.41. The Kier molecular flexibility index (Phi) is 3.05. The molecule has 2 aromatic heterocycles. The summed E-state index contributed by atoms with van der Waals surface area (Å²) in [4.78, 5) is 12.2. The van der Waals surface area contributed by atoms with E-state index in [9.17, 15) is 5.11 Å². The molecule has 4 N–H and O–H groups in total. The molecule has 0 saturated carbocycles. The topological polar surface area (TPSA) is 119 Å². The first kappa shape index (κ1) is 12.3. The van der Waals surface area contributed by atoms with Crippen LogP contribution < -0.4 is 5.73 Å². The molecule has 1 saturated heterocycles. The number of imidazole rings is 1. The molecular weight excluding hydrogens is 250 g/mol. The first-order valence-corrected chi connectivity index (χ1v) is 6.04. The Morgan fingerprint density at radius 3 is 3.00 bits per heavy atom. The molecule has 0 bridgehead atoms. The van der Waals surface area contributed by atoms with E-state index >= 15 is 0 Å². The van der Waals surface area contributed by atoms with Crippen LogP contribution in [-0.4, -0.2) is 55.2 Å². The zero-order chi connectivity index (χ0) is 13.4. The normalized spacial score (nSPS) is 27.8. The fourth-order valence-electron chi connectivity index (χ4n) is 2.35. The fraction of sp³-hybridized carbons (Fsp3) is 0.545. The number of aliphatic hydroxyl groups is 2. The fourth-order valence-corrected chi connectivity index (χ4v) is 2.35. The van der Waals surface area contributed by atoms with Crippen LogP contribution in [0.25, 0.3) is 11.2 Å². The Morgan fingerprint density at radius 2 is 2.26 bits per heavy atom. The second-order valence-corrected chi connectivity index (χ2v) is 4.59. The van der Waals surface area contributed by atoms with Crippen molar-refractivity contribution in [3.05, 3.63) is 12.7 Å². The molecule has 8 heteroatoms. The summed E-state index contributed by atoms with van der Waals surface area (Å²) >= 11 is 0. The van der Waals surface area contributed by atoms with Crippen LogP contribution in [0, 0.1) is 0 Å². The summed E-state index contributed by atoms with van der Waals surface area (Å²) in [7, 11) is 0. The maximum atomic E-state index is 9.89. The number of rotatable bonds is 2. The molecule has 0 radical (unpaired) electrons. The van der Waals surface area contributed by atoms with Gasteiger partial charge in [-0.2, -0.15) is 0 Å². The van der Waals surface area contributed by atoms with Crippen molar-refractivity contribution in [3.8, 4) is 0 Å². The molecule has 0 spiro atoms. The largest absolute Gasteiger partial charge is 0.394 e. The third-order valence-electron chi connectivity index (χ3n) is 3.41. The van der Waals surface area contributed by atoms with Crippen molar-refractivity contribution < 1.29 is 14.9 Å². The van der Waals surface area contributed by atoms with E-state index < -0.39 is 12.2 Å². The Hall–Kier alpha value is -1.77. The van der Waals surface area contributed by atoms with Crippen LogP contribution in [0.15, 0.2) is 12.7 Å². The molecule has 1 aliphatic heterocycles. The van der Waals surface area contributed by atoms with E-state index in [-0.39, 0.29) is 12.6 Å². The van der Waals surface area contributed by atoms with Gasteiger partial charge in [0.05, 0.1) is 31.7 Å². The smallest absolute Gasteiger partial charge is 0.165 e. The summed E-state index contributed by atoms with van der Waals surface area (Å²) in [6, 6.07) is -0.0860. The van der Waals surface area contributed by atoms with Gasteiger partial charge in [-0.25, -0.2) is 15.0 Å². The molecule has 3 rings (SSSR count). The van der Waals surface area contributed by atoms with Crippen LogP contribution in [0.3, 0.4) is 0 Å². The minimum Gasteiger partial charge on any atom is -0.394 e. The minimum absolute atomic E-state index is 0.0860. The van der Waals surface area contributed by atoms with Crippen molar-refractivity contribution in [2.75, 3.05) is 18.9 Å². The maximum Gasteiger partial charge on any atom is 0.165 e. The van der Waals surface area contributed by atoms with Crippen LogP contribution in [0.1, 0.15) is 12.5 Å². The average Bonchev–Trinajstić information content (AvgIpc) is 2.84. The van der Waals surface area contributed by atoms with E-state index in [0.717, 1.165) is 0 Å². The van der Waals surface area contributed by atoms with Gasteiger partial charge in [0.1, 0.15) is 17.9 Å². The first-order chi connectivity index (χ1) is 9.20. The van der Waals surface area contributed by atoms with E-state index in [2.05, 4.69) is 15.0 Å². The molecule has 0 aromatic carbocycles. The zero-order valence-electron chi connectivity index (χ0n) is 10.2. The van der Waals surface area contributed by atoms with Gasteiger partial charge in [-0.15, -0.1) is 0 Å². The Morgan fingerprint density at radius 1 is 1.42 bits per heavy atom. The van der Waals surface area contributed by atoms with Crippen molar-refractivity contribution in [2.24, 2.45) is 0 Å². The lowest BCUT2D eigenvalue weighted by atomic mass is 10.0. The number of anilines is 1. The predicted molar refractivity (Wildman–Crippen MR) is 66.2 cm³/mol. The Labute approximate surface area is 108 Å². The van der Waals surface area contributed by atoms with Gasteiger partial charge in [-0.3, -0.25) is 0 Å². The van der Waals surface area contributed by atoms with Crippen LogP contribution in [0.5, 0.6) is 0 Å². The second-order valence-electron chi connectivity index (χ2n) is 4.59. The van der Waals surface area contributed by atoms with E-state index in [1.165, 1.54) is 6.33 Å². The number of fused-ring (bicyclic) bond motifs is 1. The van der Waals surface area contributed by atoms with Gasteiger partial charge in [0.2, 0.25) is 0 Å². The molecule has 3 heterocycles. The molecule has 19 heavy (non-hydrogen) atoms. The highest BCUT2D eigenvalue weighted by Crippen LogP contribution is 2.27. The average molecular weight is 265 g/mol. The summed E-state index contributed by atoms with van der Waals surface area (Å²) in [5.41, 5.74) is 6.89. The highest BCUT2D eigenvalue weighted by atomic mass is 16.5. The van der Waals surface area contributed by atoms with Gasteiger partial charge in [0.15, 0.2) is 11.5 Å². The monoisotopic (exact) mass is 265 g/mol. The van der Waals surface area contributed by atoms with Crippen LogP contribution in [0.4, 0.5) is 5.82 Å². The number of hydrogen-bond acceptors (Lipinski definition) is 7. The number of nitrogens with zero attached hydrogens (tertiary/aromatic N) is 4. The van der Waals surface area contributed by atoms with Crippen molar-refractivity contribution in [1.29, 1.82) is 0 Å². The summed E-state index contributed by atoms with van der Waals surface area (Å²) in [5, 5.41) is 18.9. The third kappa shape index (κ3) is 2.03. The van der Waals surface area contributed by atoms with Gasteiger partial charge >= 0.3 is 0 Å². The second kappa shape index (κ2) is 4.72. The van der Waals surface area contributed by atoms with E-state index in [0.29, 0.717) is 30.0 Å². The molecule has 1 fully saturated rings. The Balaban J connectivity index is 1.91. The van der Waals surface area contributed by atoms with Gasteiger partial charge in [-0.05, 0) is 6.42 Å². The third-order valence-corrected chi connectivity index (χ3v) is 3.41. The van der Waals surface area contributed by atoms with Gasteiger partial charge in [0.25, 0.3) is 0 Å². The van der Waals surface area contributed by atoms with Crippen molar-refractivity contribution in [1.82, 2.24) is 19.5 Å². The summed E-state index contributed by atoms with van der Waals surface area (Å²) in [5.74, 6) is 0.328. The van der Waals surface area contributed by atoms with Crippen molar-refractivity contribution in [2.45, 2.75) is 24.7 Å². The molecule has 8 nitrogen and oxygen atoms in total. The molecule has 1 aliphatic rings. The summed E-state index contributed by atoms with van der Waals surface area (Å²) < 4.78 is 7.26. The number of nitrogens with two attached hydrogens (primary N) is 1. The molecule has 3 atom stereocenters. The zero-order valence-corrected chi connectivity index (χ0v) is 10.2. The van der Waals surface area contributed by atoms with E-state index in [1.54, 1.807) is 6.33 Å². The quantitative estimate of drug-likeness (QED) is 0.643. The highest BCUT2D eigenvalue weighted by molar-refractivity contribution is 5.81. The summed E-state index contributed by atoms with van der Waals surface area (Å²) in [6.45, 7) is 0.200. The SMILES string of the molecule is Nc1ncnc2c1ncn2[C@@H]1CO[C@H](CO)[C@@H](O)C1. The highest BCUT2D eigenvalue weighted by Gasteiger charge is 2.31. The molecule has 0 unspecified atom stereocenters. The molecule has 102 valence electrons. The van der Waals surface area contributed by atoms with Gasteiger partial charge in [0, 0.05) is 0 Å². The number of aliphatic hydroxyl groups excluding tert-OH is 2. The number of ether oxygens (including phenoxy) is 1. The summed E-state index contributed by atoms with van der Waals surface area (Å²) in [6.07, 6.45) is 2.24. The predicted octanol–water partition coefficient (Wildman–Crippen LogP) is -0.908. The minimum atomic E-state index is -0.708. The van der Waals surface area contributed by atoms with Gasteiger partial charge in [-0.1, -0.05) is 0 Å². The van der Waals surface area contributed by atoms with Crippen LogP contribution in [-0.2, 0) is 4.74 Å². The molecule has 0 aliphatic carbocycles. The number of aromatic nitrogens is 4.